The standard InChI is InChI=1S/C20H26N4O3/c1-15-5-2-3-6-16(15)11-21-19(25)13-23-10-4-7-17(12-23)18-8-9-22-24(18)14-20(26)27/h2-3,5-6,8-9,17H,4,7,10-14H2,1H3,(H,21,25)(H,26,27). The lowest BCUT2D eigenvalue weighted by Gasteiger charge is -2.32. The molecule has 1 aromatic heterocycles. The maximum atomic E-state index is 12.4. The molecule has 1 aliphatic rings. The summed E-state index contributed by atoms with van der Waals surface area (Å²) in [6.45, 7) is 4.42. The second-order valence-electron chi connectivity index (χ2n) is 7.08. The van der Waals surface area contributed by atoms with E-state index in [1.165, 1.54) is 5.56 Å². The number of hydrogen-bond donors (Lipinski definition) is 2. The number of nitrogens with zero attached hydrogens (tertiary/aromatic N) is 3. The monoisotopic (exact) mass is 370 g/mol. The van der Waals surface area contributed by atoms with E-state index in [1.54, 1.807) is 10.9 Å². The van der Waals surface area contributed by atoms with Crippen LogP contribution in [0.5, 0.6) is 0 Å². The molecule has 0 aliphatic carbocycles. The van der Waals surface area contributed by atoms with Crippen LogP contribution in [-0.4, -0.2) is 51.3 Å². The number of carbonyl (C=O) groups is 2. The molecule has 7 heteroatoms. The molecule has 0 spiro atoms. The Labute approximate surface area is 159 Å². The number of hydrogen-bond acceptors (Lipinski definition) is 4. The number of aromatic nitrogens is 2. The van der Waals surface area contributed by atoms with Gasteiger partial charge < -0.3 is 10.4 Å². The summed E-state index contributed by atoms with van der Waals surface area (Å²) in [6, 6.07) is 9.91. The number of carbonyl (C=O) groups excluding carboxylic acids is 1. The highest BCUT2D eigenvalue weighted by Gasteiger charge is 2.25. The Balaban J connectivity index is 1.54. The number of piperidine rings is 1. The van der Waals surface area contributed by atoms with Crippen LogP contribution < -0.4 is 5.32 Å². The topological polar surface area (TPSA) is 87.5 Å². The van der Waals surface area contributed by atoms with Gasteiger partial charge in [-0.25, -0.2) is 0 Å². The average molecular weight is 370 g/mol. The number of amides is 1. The highest BCUT2D eigenvalue weighted by molar-refractivity contribution is 5.78. The molecule has 7 nitrogen and oxygen atoms in total. The minimum Gasteiger partial charge on any atom is -0.480 e. The number of likely N-dealkylation sites (tertiary alicyclic amines) is 1. The van der Waals surface area contributed by atoms with Crippen LogP contribution in [-0.2, 0) is 22.7 Å². The molecule has 1 atom stereocenters. The zero-order valence-electron chi connectivity index (χ0n) is 15.6. The molecule has 1 aliphatic heterocycles. The second kappa shape index (κ2) is 8.81. The van der Waals surface area contributed by atoms with Crippen molar-refractivity contribution in [1.82, 2.24) is 20.0 Å². The van der Waals surface area contributed by atoms with E-state index in [0.29, 0.717) is 13.1 Å². The fourth-order valence-electron chi connectivity index (χ4n) is 3.65. The molecule has 2 N–H and O–H groups in total. The lowest BCUT2D eigenvalue weighted by Crippen LogP contribution is -2.42. The van der Waals surface area contributed by atoms with E-state index in [1.807, 2.05) is 37.3 Å². The molecule has 0 radical (unpaired) electrons. The van der Waals surface area contributed by atoms with Crippen LogP contribution in [0.3, 0.4) is 0 Å². The summed E-state index contributed by atoms with van der Waals surface area (Å²) in [7, 11) is 0. The molecule has 1 saturated heterocycles. The van der Waals surface area contributed by atoms with Gasteiger partial charge >= 0.3 is 5.97 Å². The van der Waals surface area contributed by atoms with Crippen molar-refractivity contribution in [2.45, 2.75) is 38.8 Å². The molecule has 1 unspecified atom stereocenters. The lowest BCUT2D eigenvalue weighted by atomic mass is 9.94. The Hall–Kier alpha value is -2.67. The van der Waals surface area contributed by atoms with Gasteiger partial charge in [0.1, 0.15) is 6.54 Å². The normalized spacial score (nSPS) is 17.6. The zero-order valence-corrected chi connectivity index (χ0v) is 15.6. The average Bonchev–Trinajstić information content (AvgIpc) is 3.08. The van der Waals surface area contributed by atoms with E-state index < -0.39 is 5.97 Å². The van der Waals surface area contributed by atoms with Crippen molar-refractivity contribution in [2.75, 3.05) is 19.6 Å². The number of aryl methyl sites for hydroxylation is 1. The van der Waals surface area contributed by atoms with Crippen LogP contribution in [0.4, 0.5) is 0 Å². The van der Waals surface area contributed by atoms with Crippen molar-refractivity contribution in [3.05, 3.63) is 53.3 Å². The largest absolute Gasteiger partial charge is 0.480 e. The van der Waals surface area contributed by atoms with Crippen molar-refractivity contribution in [3.8, 4) is 0 Å². The van der Waals surface area contributed by atoms with E-state index in [2.05, 4.69) is 15.3 Å². The smallest absolute Gasteiger partial charge is 0.325 e. The van der Waals surface area contributed by atoms with E-state index in [0.717, 1.165) is 37.2 Å². The third kappa shape index (κ3) is 5.17. The number of nitrogens with one attached hydrogen (secondary N) is 1. The van der Waals surface area contributed by atoms with Crippen molar-refractivity contribution >= 4 is 11.9 Å². The Morgan fingerprint density at radius 2 is 2.07 bits per heavy atom. The minimum atomic E-state index is -0.900. The highest BCUT2D eigenvalue weighted by Crippen LogP contribution is 2.26. The van der Waals surface area contributed by atoms with E-state index in [-0.39, 0.29) is 18.4 Å². The van der Waals surface area contributed by atoms with Gasteiger partial charge in [0.25, 0.3) is 0 Å². The van der Waals surface area contributed by atoms with Crippen LogP contribution in [0, 0.1) is 6.92 Å². The first-order valence-electron chi connectivity index (χ1n) is 9.30. The van der Waals surface area contributed by atoms with Crippen LogP contribution in [0.15, 0.2) is 36.5 Å². The number of benzene rings is 1. The molecular weight excluding hydrogens is 344 g/mol. The Kier molecular flexibility index (Phi) is 6.24. The lowest BCUT2D eigenvalue weighted by molar-refractivity contribution is -0.138. The molecule has 144 valence electrons. The predicted octanol–water partition coefficient (Wildman–Crippen LogP) is 1.77. The summed E-state index contributed by atoms with van der Waals surface area (Å²) in [5.41, 5.74) is 3.23. The van der Waals surface area contributed by atoms with Gasteiger partial charge in [-0.05, 0) is 43.5 Å². The third-order valence-electron chi connectivity index (χ3n) is 5.06. The van der Waals surface area contributed by atoms with Gasteiger partial charge in [-0.3, -0.25) is 19.2 Å². The summed E-state index contributed by atoms with van der Waals surface area (Å²) < 4.78 is 1.55. The van der Waals surface area contributed by atoms with Gasteiger partial charge in [0.2, 0.25) is 5.91 Å². The number of rotatable bonds is 7. The van der Waals surface area contributed by atoms with Crippen LogP contribution in [0.2, 0.25) is 0 Å². The summed E-state index contributed by atoms with van der Waals surface area (Å²) in [6.07, 6.45) is 3.60. The van der Waals surface area contributed by atoms with E-state index >= 15 is 0 Å². The molecule has 0 bridgehead atoms. The van der Waals surface area contributed by atoms with Crippen LogP contribution >= 0.6 is 0 Å². The molecule has 1 fully saturated rings. The fraction of sp³-hybridized carbons (Fsp3) is 0.450. The number of carboxylic acids is 1. The zero-order chi connectivity index (χ0) is 19.2. The van der Waals surface area contributed by atoms with Crippen molar-refractivity contribution in [2.24, 2.45) is 0 Å². The fourth-order valence-corrected chi connectivity index (χ4v) is 3.65. The first-order chi connectivity index (χ1) is 13.0. The van der Waals surface area contributed by atoms with Gasteiger partial charge in [0, 0.05) is 30.9 Å². The Morgan fingerprint density at radius 1 is 1.26 bits per heavy atom. The number of aliphatic carboxylic acids is 1. The predicted molar refractivity (Wildman–Crippen MR) is 101 cm³/mol. The SMILES string of the molecule is Cc1ccccc1CNC(=O)CN1CCCC(c2ccnn2CC(=O)O)C1. The summed E-state index contributed by atoms with van der Waals surface area (Å²) >= 11 is 0. The molecule has 1 amide bonds. The quantitative estimate of drug-likeness (QED) is 0.776. The third-order valence-corrected chi connectivity index (χ3v) is 5.06. The maximum Gasteiger partial charge on any atom is 0.325 e. The molecule has 27 heavy (non-hydrogen) atoms. The second-order valence-corrected chi connectivity index (χ2v) is 7.08. The highest BCUT2D eigenvalue weighted by atomic mass is 16.4. The molecular formula is C20H26N4O3. The minimum absolute atomic E-state index is 0.0120. The van der Waals surface area contributed by atoms with Crippen molar-refractivity contribution in [1.29, 1.82) is 0 Å². The molecule has 2 heterocycles. The first-order valence-corrected chi connectivity index (χ1v) is 9.30. The van der Waals surface area contributed by atoms with Crippen molar-refractivity contribution < 1.29 is 14.7 Å². The molecule has 1 aromatic carbocycles. The first kappa shape index (κ1) is 19.1. The molecule has 2 aromatic rings. The van der Waals surface area contributed by atoms with Crippen LogP contribution in [0.1, 0.15) is 35.6 Å². The van der Waals surface area contributed by atoms with Crippen molar-refractivity contribution in [3.63, 3.8) is 0 Å². The number of carboxylic acid groups (broad SMARTS) is 1. The Bertz CT molecular complexity index is 802. The van der Waals surface area contributed by atoms with E-state index in [9.17, 15) is 9.59 Å². The van der Waals surface area contributed by atoms with Crippen LogP contribution in [0.25, 0.3) is 0 Å². The summed E-state index contributed by atoms with van der Waals surface area (Å²) in [5.74, 6) is -0.689. The Morgan fingerprint density at radius 3 is 2.85 bits per heavy atom. The van der Waals surface area contributed by atoms with Gasteiger partial charge in [-0.1, -0.05) is 24.3 Å². The molecule has 0 saturated carbocycles. The van der Waals surface area contributed by atoms with Gasteiger partial charge in [-0.15, -0.1) is 0 Å². The maximum absolute atomic E-state index is 12.4. The summed E-state index contributed by atoms with van der Waals surface area (Å²) in [5, 5.41) is 16.2. The van der Waals surface area contributed by atoms with Gasteiger partial charge in [-0.2, -0.15) is 5.10 Å². The van der Waals surface area contributed by atoms with Gasteiger partial charge in [0.05, 0.1) is 6.54 Å². The van der Waals surface area contributed by atoms with E-state index in [4.69, 9.17) is 5.11 Å². The van der Waals surface area contributed by atoms with Gasteiger partial charge in [0.15, 0.2) is 0 Å². The summed E-state index contributed by atoms with van der Waals surface area (Å²) in [4.78, 5) is 25.5. The molecule has 3 rings (SSSR count).